The maximum absolute atomic E-state index is 5.20. The second-order valence-corrected chi connectivity index (χ2v) is 9.15. The van der Waals surface area contributed by atoms with Gasteiger partial charge in [-0.3, -0.25) is 19.6 Å². The van der Waals surface area contributed by atoms with E-state index in [0.29, 0.717) is 26.4 Å². The minimum atomic E-state index is -0.781. The van der Waals surface area contributed by atoms with Gasteiger partial charge in [-0.25, -0.2) is 28.4 Å². The summed E-state index contributed by atoms with van der Waals surface area (Å²) in [5, 5.41) is 0. The molecule has 1 spiro atoms. The van der Waals surface area contributed by atoms with Gasteiger partial charge in [0.1, 0.15) is 0 Å². The van der Waals surface area contributed by atoms with Crippen molar-refractivity contribution >= 4 is 0 Å². The van der Waals surface area contributed by atoms with Gasteiger partial charge in [0.15, 0.2) is 0 Å². The zero-order valence-electron chi connectivity index (χ0n) is 23.3. The van der Waals surface area contributed by atoms with Crippen molar-refractivity contribution in [3.8, 4) is 0 Å². The molecular weight excluding hydrogens is 1540 g/mol. The normalized spacial score (nSPS) is 20.2. The Bertz CT molecular complexity index is 1130. The summed E-state index contributed by atoms with van der Waals surface area (Å²) in [6, 6.07) is 0. The molecule has 41 heavy (non-hydrogen) atoms. The predicted octanol–water partition coefficient (Wildman–Crippen LogP) is 4.30. The summed E-state index contributed by atoms with van der Waals surface area (Å²) in [5.74, 6) is -0.781. The Balaban J connectivity index is 0.00000147. The van der Waals surface area contributed by atoms with E-state index in [9.17, 15) is 0 Å². The van der Waals surface area contributed by atoms with E-state index in [1.807, 2.05) is 0 Å². The van der Waals surface area contributed by atoms with Crippen molar-refractivity contribution in [3.05, 3.63) is 147 Å². The molecule has 0 unspecified atom stereocenters. The van der Waals surface area contributed by atoms with Crippen LogP contribution in [0.25, 0.3) is 0 Å². The molecule has 0 aromatic carbocycles. The third-order valence-corrected chi connectivity index (χ3v) is 6.97. The average molecular weight is 1560 g/mol. The van der Waals surface area contributed by atoms with Crippen LogP contribution in [0.15, 0.2) is 118 Å². The largest absolute Gasteiger partial charge is 0.552 e. The predicted molar refractivity (Wildman–Crippen MR) is 138 cm³/mol. The molecule has 0 atom stereocenters. The first-order chi connectivity index (χ1) is 18.1. The van der Waals surface area contributed by atoms with Gasteiger partial charge < -0.3 is 18.9 Å². The Morgan fingerprint density at radius 2 is 0.659 bits per heavy atom. The Hall–Kier alpha value is -7.56. The second kappa shape index (κ2) is 10.8. The van der Waals surface area contributed by atoms with Crippen molar-refractivity contribution in [2.75, 3.05) is 26.4 Å². The number of hydrogen-bond acceptors (Lipinski definition) is 8. The van der Waals surface area contributed by atoms with Crippen LogP contribution in [0.3, 0.4) is 0 Å². The molecule has 6 aliphatic heterocycles. The fourth-order valence-corrected chi connectivity index (χ4v) is 5.54. The van der Waals surface area contributed by atoms with Crippen LogP contribution >= 0.6 is 0 Å². The fourth-order valence-electron chi connectivity index (χ4n) is 5.54. The van der Waals surface area contributed by atoms with Crippen LogP contribution < -0.4 is 0 Å². The fraction of sp³-hybridized carbons (Fsp3) is 0.172. The Morgan fingerprint density at radius 3 is 0.854 bits per heavy atom. The molecule has 6 heterocycles. The van der Waals surface area contributed by atoms with Crippen LogP contribution in [0.4, 0.5) is 0 Å². The summed E-state index contributed by atoms with van der Waals surface area (Å²) in [7, 11) is 14.2. The molecule has 12 heteroatoms. The molecule has 6 rings (SSSR count). The first-order valence-electron chi connectivity index (χ1n) is 11.8. The summed E-state index contributed by atoms with van der Waals surface area (Å²) in [6.45, 7) is 1.66. The molecule has 200 valence electrons. The van der Waals surface area contributed by atoms with Gasteiger partial charge in [0, 0.05) is 51.2 Å². The summed E-state index contributed by atoms with van der Waals surface area (Å²) < 4.78 is 20.8. The van der Waals surface area contributed by atoms with Gasteiger partial charge in [-0.2, -0.15) is 0 Å². The molecule has 0 N–H and O–H groups in total. The van der Waals surface area contributed by atoms with Gasteiger partial charge in [-0.1, -0.05) is 0 Å². The van der Waals surface area contributed by atoms with E-state index < -0.39 is 5.91 Å². The zero-order chi connectivity index (χ0) is 25.6. The van der Waals surface area contributed by atoms with E-state index in [1.54, 1.807) is 0 Å². The van der Waals surface area contributed by atoms with E-state index in [2.05, 4.69) is 121 Å². The molecule has 0 bridgehead atoms. The number of hydrogen-bond donors (Lipinski definition) is 0. The third-order valence-electron chi connectivity index (χ3n) is 6.97. The van der Waals surface area contributed by atoms with Crippen molar-refractivity contribution < 1.29 is 18.9 Å². The van der Waals surface area contributed by atoms with E-state index >= 15 is 0 Å². The van der Waals surface area contributed by atoms with Crippen LogP contribution in [0, 0.1) is 28.4 Å². The number of fused-ring (bicyclic) bond motifs is 8. The number of rotatable bonds is 8. The Labute approximate surface area is 218 Å². The van der Waals surface area contributed by atoms with Crippen LogP contribution in [0.2, 0.25) is 0 Å². The van der Waals surface area contributed by atoms with Gasteiger partial charge in [0.25, 0.3) is 5.91 Å². The monoisotopic (exact) mass is 1560 g/mol. The van der Waals surface area contributed by atoms with Crippen LogP contribution in [0.5, 0.6) is 0 Å². The molecule has 0 radical (unpaired) electrons. The number of allylic oxidation sites excluding steroid dienone is 4. The summed E-state index contributed by atoms with van der Waals surface area (Å²) in [5.41, 5.74) is 8.27. The van der Waals surface area contributed by atoms with Crippen molar-refractivity contribution in [1.82, 2.24) is 19.6 Å². The van der Waals surface area contributed by atoms with E-state index in [0.717, 1.165) is 45.1 Å². The zero-order valence-corrected chi connectivity index (χ0v) is 48.9. The van der Waals surface area contributed by atoms with E-state index in [-0.39, 0.29) is 0 Å². The van der Waals surface area contributed by atoms with Crippen molar-refractivity contribution in [1.29, 1.82) is 0 Å². The quantitative estimate of drug-likeness (QED) is 0.334. The summed E-state index contributed by atoms with van der Waals surface area (Å²) in [4.78, 5) is 9.11. The van der Waals surface area contributed by atoms with Gasteiger partial charge in [-0.05, 0) is 70.9 Å². The summed E-state index contributed by atoms with van der Waals surface area (Å²) >= 11 is 0. The Kier molecular flexibility index (Phi) is 7.83. The molecule has 0 saturated heterocycles. The van der Waals surface area contributed by atoms with Crippen molar-refractivity contribution in [2.45, 2.75) is 5.91 Å². The molecule has 0 aromatic heterocycles. The maximum atomic E-state index is 5.20. The van der Waals surface area contributed by atoms with Crippen molar-refractivity contribution in [3.63, 3.8) is 0 Å². The van der Waals surface area contributed by atoms with E-state index in [1.165, 1.54) is 0 Å². The van der Waals surface area contributed by atoms with Crippen LogP contribution in [-0.4, -0.2) is 51.9 Å². The van der Waals surface area contributed by atoms with Gasteiger partial charge >= 0.3 is 0 Å². The first-order valence-corrected chi connectivity index (χ1v) is 11.8. The minimum Gasteiger partial charge on any atom is -0.552 e. The van der Waals surface area contributed by atoms with Gasteiger partial charge in [0.2, 0.25) is 0 Å². The smallest absolute Gasteiger partial charge is 0.294 e. The van der Waals surface area contributed by atoms with Crippen molar-refractivity contribution in [2.24, 2.45) is 0 Å². The average Bonchev–Trinajstić information content (AvgIpc) is 3.35. The van der Waals surface area contributed by atoms with Gasteiger partial charge in [-0.15, -0.1) is 0 Å². The second-order valence-electron chi connectivity index (χ2n) is 9.15. The summed E-state index contributed by atoms with van der Waals surface area (Å²) in [6.07, 6.45) is 25.3. The third kappa shape index (κ3) is 3.84. The maximum Gasteiger partial charge on any atom is 0.294 e. The number of ether oxygens (including phenoxy) is 4. The topological polar surface area (TPSA) is 49.9 Å². The van der Waals surface area contributed by atoms with Crippen LogP contribution in [-0.2, 0) is 18.9 Å². The molecule has 8 nitrogen and oxygen atoms in total. The minimum absolute atomic E-state index is 0. The first kappa shape index (κ1) is 29.7. The molecule has 0 saturated carbocycles. The molecule has 6 aliphatic rings. The SMILES string of the molecule is [CH2-]OCC1=CC2=C3C=C(CO[CH2-])C=CN3C3(N2C=C1)N1C=CC(CO[CH2-])=CC1=C1C=C(CO[CH2-])C=CN13.[Rf].[Rf].[Rf].[Rf]. The Morgan fingerprint density at radius 1 is 0.439 bits per heavy atom. The van der Waals surface area contributed by atoms with E-state index in [4.69, 9.17) is 18.9 Å². The number of nitrogens with zero attached hydrogens (tertiary/aromatic N) is 4. The van der Waals surface area contributed by atoms with Gasteiger partial charge in [0.05, 0.1) is 22.8 Å². The molecule has 0 amide bonds. The molecule has 0 aliphatic carbocycles. The standard InChI is InChI=1S/C29H28N4O4.4Rf/c1-34-17-21-5-9-30-25(13-21)26-14-22(18-35-2)6-10-31(26)29(30)32-11-7-23(19-36-3)15-27(32)28-16-24(20-37-4)8-12-33(28)29;;;;/h5-16H,1-4,17-20H2;;;;/q-4;;;;. The van der Waals surface area contributed by atoms with Crippen LogP contribution in [0.1, 0.15) is 0 Å². The molecule has 0 fully saturated rings. The molecule has 0 aromatic rings. The molecular formula is C29H28N4O4Rf4-4.